The number of methoxy groups -OCH3 is 1. The van der Waals surface area contributed by atoms with Gasteiger partial charge >= 0.3 is 0 Å². The molecule has 0 aliphatic carbocycles. The van der Waals surface area contributed by atoms with Gasteiger partial charge in [0.1, 0.15) is 18.2 Å². The molecular formula is C25H27FN2O4. The molecule has 5 rings (SSSR count). The molecule has 32 heavy (non-hydrogen) atoms. The van der Waals surface area contributed by atoms with Gasteiger partial charge in [0.2, 0.25) is 0 Å². The molecule has 2 atom stereocenters. The zero-order chi connectivity index (χ0) is 22.2. The largest absolute Gasteiger partial charge is 0.487 e. The maximum Gasteiger partial charge on any atom is 0.260 e. The van der Waals surface area contributed by atoms with Crippen LogP contribution in [0.4, 0.5) is 10.1 Å². The maximum absolute atomic E-state index is 13.8. The SMILES string of the molecule is COCC1CCC(CO)N1CCc1ccc2c(c1)COC2=C1C(=O)Nc2ccc(F)cc21. The Morgan fingerprint density at radius 3 is 2.84 bits per heavy atom. The van der Waals surface area contributed by atoms with E-state index in [1.165, 1.54) is 17.7 Å². The Labute approximate surface area is 186 Å². The van der Waals surface area contributed by atoms with E-state index in [9.17, 15) is 14.3 Å². The summed E-state index contributed by atoms with van der Waals surface area (Å²) >= 11 is 0. The molecule has 2 unspecified atom stereocenters. The van der Waals surface area contributed by atoms with Crippen molar-refractivity contribution in [3.63, 3.8) is 0 Å². The van der Waals surface area contributed by atoms with Crippen LogP contribution in [-0.4, -0.2) is 54.9 Å². The van der Waals surface area contributed by atoms with E-state index in [1.54, 1.807) is 13.2 Å². The lowest BCUT2D eigenvalue weighted by Gasteiger charge is -2.29. The lowest BCUT2D eigenvalue weighted by atomic mass is 9.98. The second kappa shape index (κ2) is 8.65. The molecule has 3 aliphatic rings. The highest BCUT2D eigenvalue weighted by Gasteiger charge is 2.34. The predicted molar refractivity (Wildman–Crippen MR) is 119 cm³/mol. The molecule has 3 heterocycles. The number of likely N-dealkylation sites (tertiary alicyclic amines) is 1. The standard InChI is InChI=1S/C25H27FN2O4/c1-31-14-19-5-4-18(12-29)28(19)9-8-15-2-6-20-16(10-15)13-32-24(20)23-21-11-17(26)3-7-22(21)27-25(23)30/h2-3,6-7,10-11,18-19,29H,4-5,8-9,12-14H2,1H3,(H,27,30). The molecule has 1 saturated heterocycles. The molecule has 168 valence electrons. The van der Waals surface area contributed by atoms with Crippen LogP contribution in [0.5, 0.6) is 0 Å². The molecule has 7 heteroatoms. The van der Waals surface area contributed by atoms with Crippen molar-refractivity contribution in [1.82, 2.24) is 4.90 Å². The van der Waals surface area contributed by atoms with E-state index < -0.39 is 0 Å². The van der Waals surface area contributed by atoms with E-state index >= 15 is 0 Å². The Morgan fingerprint density at radius 1 is 1.19 bits per heavy atom. The highest BCUT2D eigenvalue weighted by molar-refractivity contribution is 6.36. The van der Waals surface area contributed by atoms with Crippen LogP contribution in [0.15, 0.2) is 36.4 Å². The summed E-state index contributed by atoms with van der Waals surface area (Å²) in [5, 5.41) is 12.5. The number of ether oxygens (including phenoxy) is 2. The van der Waals surface area contributed by atoms with E-state index in [0.717, 1.165) is 36.9 Å². The third-order valence-corrected chi connectivity index (χ3v) is 6.74. The highest BCUT2D eigenvalue weighted by atomic mass is 19.1. The van der Waals surface area contributed by atoms with Crippen LogP contribution in [0, 0.1) is 5.82 Å². The molecule has 0 radical (unpaired) electrons. The Kier molecular flexibility index (Phi) is 5.71. The monoisotopic (exact) mass is 438 g/mol. The average Bonchev–Trinajstić information content (AvgIpc) is 3.46. The van der Waals surface area contributed by atoms with Crippen molar-refractivity contribution in [2.24, 2.45) is 0 Å². The van der Waals surface area contributed by atoms with Crippen LogP contribution < -0.4 is 5.32 Å². The summed E-state index contributed by atoms with van der Waals surface area (Å²) in [5.41, 5.74) is 4.60. The number of hydrogen-bond acceptors (Lipinski definition) is 5. The van der Waals surface area contributed by atoms with Crippen LogP contribution in [0.25, 0.3) is 11.3 Å². The first-order valence-corrected chi connectivity index (χ1v) is 11.0. The Balaban J connectivity index is 1.38. The first-order valence-electron chi connectivity index (χ1n) is 11.0. The molecule has 0 spiro atoms. The van der Waals surface area contributed by atoms with Crippen LogP contribution in [0.2, 0.25) is 0 Å². The second-order valence-electron chi connectivity index (χ2n) is 8.64. The number of fused-ring (bicyclic) bond motifs is 2. The molecule has 3 aliphatic heterocycles. The van der Waals surface area contributed by atoms with Crippen molar-refractivity contribution in [2.75, 3.05) is 32.2 Å². The van der Waals surface area contributed by atoms with E-state index in [2.05, 4.69) is 22.3 Å². The summed E-state index contributed by atoms with van der Waals surface area (Å²) in [7, 11) is 1.72. The van der Waals surface area contributed by atoms with E-state index in [-0.39, 0.29) is 24.4 Å². The first kappa shape index (κ1) is 21.1. The van der Waals surface area contributed by atoms with Crippen molar-refractivity contribution in [1.29, 1.82) is 0 Å². The summed E-state index contributed by atoms with van der Waals surface area (Å²) in [6.07, 6.45) is 2.88. The number of carbonyl (C=O) groups excluding carboxylic acids is 1. The lowest BCUT2D eigenvalue weighted by molar-refractivity contribution is -0.110. The number of rotatable bonds is 6. The number of amides is 1. The molecule has 2 N–H and O–H groups in total. The number of aliphatic hydroxyl groups excluding tert-OH is 1. The third-order valence-electron chi connectivity index (χ3n) is 6.74. The quantitative estimate of drug-likeness (QED) is 0.678. The molecule has 0 aromatic heterocycles. The fourth-order valence-electron chi connectivity index (χ4n) is 5.15. The first-order chi connectivity index (χ1) is 15.6. The molecule has 6 nitrogen and oxygen atoms in total. The molecule has 1 fully saturated rings. The summed E-state index contributed by atoms with van der Waals surface area (Å²) in [5.74, 6) is -0.152. The minimum atomic E-state index is -0.387. The van der Waals surface area contributed by atoms with E-state index in [1.807, 2.05) is 6.07 Å². The molecule has 2 aromatic rings. The minimum absolute atomic E-state index is 0.166. The summed E-state index contributed by atoms with van der Waals surface area (Å²) in [6.45, 7) is 2.08. The fraction of sp³-hybridized carbons (Fsp3) is 0.400. The minimum Gasteiger partial charge on any atom is -0.487 e. The summed E-state index contributed by atoms with van der Waals surface area (Å²) in [4.78, 5) is 14.9. The number of nitrogens with zero attached hydrogens (tertiary/aromatic N) is 1. The van der Waals surface area contributed by atoms with Gasteiger partial charge in [-0.25, -0.2) is 4.39 Å². The van der Waals surface area contributed by atoms with Crippen LogP contribution in [0.3, 0.4) is 0 Å². The Morgan fingerprint density at radius 2 is 2.03 bits per heavy atom. The zero-order valence-electron chi connectivity index (χ0n) is 18.1. The number of benzene rings is 2. The number of anilines is 1. The van der Waals surface area contributed by atoms with Gasteiger partial charge in [0.15, 0.2) is 0 Å². The van der Waals surface area contributed by atoms with Crippen LogP contribution in [-0.2, 0) is 27.3 Å². The number of halogens is 1. The molecular weight excluding hydrogens is 411 g/mol. The van der Waals surface area contributed by atoms with Crippen molar-refractivity contribution < 1.29 is 23.8 Å². The number of carbonyl (C=O) groups is 1. The van der Waals surface area contributed by atoms with Gasteiger partial charge < -0.3 is 19.9 Å². The van der Waals surface area contributed by atoms with Gasteiger partial charge in [0, 0.05) is 48.1 Å². The third kappa shape index (κ3) is 3.70. The maximum atomic E-state index is 13.8. The smallest absolute Gasteiger partial charge is 0.260 e. The lowest BCUT2D eigenvalue weighted by Crippen LogP contribution is -2.41. The summed E-state index contributed by atoms with van der Waals surface area (Å²) < 4.78 is 25.1. The number of aliphatic hydroxyl groups is 1. The topological polar surface area (TPSA) is 71.0 Å². The van der Waals surface area contributed by atoms with E-state index in [4.69, 9.17) is 9.47 Å². The average molecular weight is 438 g/mol. The van der Waals surface area contributed by atoms with Crippen molar-refractivity contribution in [2.45, 2.75) is 38.0 Å². The fourth-order valence-corrected chi connectivity index (χ4v) is 5.15. The van der Waals surface area contributed by atoms with Gasteiger partial charge in [-0.3, -0.25) is 9.69 Å². The van der Waals surface area contributed by atoms with Gasteiger partial charge in [0.05, 0.1) is 18.8 Å². The second-order valence-corrected chi connectivity index (χ2v) is 8.64. The Hall–Kier alpha value is -2.74. The van der Waals surface area contributed by atoms with Crippen LogP contribution in [0.1, 0.15) is 35.1 Å². The normalized spacial score (nSPS) is 24.4. The zero-order valence-corrected chi connectivity index (χ0v) is 18.1. The number of nitrogens with one attached hydrogen (secondary N) is 1. The van der Waals surface area contributed by atoms with Gasteiger partial charge in [-0.05, 0) is 43.0 Å². The molecule has 0 saturated carbocycles. The molecule has 0 bridgehead atoms. The number of hydrogen-bond donors (Lipinski definition) is 2. The van der Waals surface area contributed by atoms with Crippen molar-refractivity contribution in [3.05, 3.63) is 64.5 Å². The van der Waals surface area contributed by atoms with Crippen molar-refractivity contribution in [3.8, 4) is 0 Å². The van der Waals surface area contributed by atoms with Crippen molar-refractivity contribution >= 4 is 22.9 Å². The predicted octanol–water partition coefficient (Wildman–Crippen LogP) is 3.19. The van der Waals surface area contributed by atoms with Crippen LogP contribution >= 0.6 is 0 Å². The van der Waals surface area contributed by atoms with Gasteiger partial charge in [0.25, 0.3) is 5.91 Å². The molecule has 1 amide bonds. The van der Waals surface area contributed by atoms with E-state index in [0.29, 0.717) is 41.8 Å². The van der Waals surface area contributed by atoms with Gasteiger partial charge in [-0.1, -0.05) is 18.2 Å². The van der Waals surface area contributed by atoms with Gasteiger partial charge in [-0.2, -0.15) is 0 Å². The van der Waals surface area contributed by atoms with Gasteiger partial charge in [-0.15, -0.1) is 0 Å². The summed E-state index contributed by atoms with van der Waals surface area (Å²) in [6, 6.07) is 11.0. The molecule has 2 aromatic carbocycles. The Bertz CT molecular complexity index is 1080. The highest BCUT2D eigenvalue weighted by Crippen LogP contribution is 2.42.